The molecule has 0 amide bonds. The highest BCUT2D eigenvalue weighted by Gasteiger charge is 2.27. The standard InChI is InChI=1S/C13H24N4O/c1-13(2)5-3-4-11(8-13)14-9-12-10-17(6-7-18)16-15-12/h10-11,14,18H,3-9H2,1-2H3. The molecule has 0 aromatic carbocycles. The highest BCUT2D eigenvalue weighted by molar-refractivity contribution is 4.93. The van der Waals surface area contributed by atoms with Crippen LogP contribution in [0.3, 0.4) is 0 Å². The Balaban J connectivity index is 1.79. The van der Waals surface area contributed by atoms with Gasteiger partial charge in [-0.15, -0.1) is 5.10 Å². The number of hydrogen-bond acceptors (Lipinski definition) is 4. The van der Waals surface area contributed by atoms with E-state index in [1.807, 2.05) is 6.20 Å². The zero-order valence-corrected chi connectivity index (χ0v) is 11.4. The predicted octanol–water partition coefficient (Wildman–Crippen LogP) is 1.33. The van der Waals surface area contributed by atoms with Gasteiger partial charge in [0.25, 0.3) is 0 Å². The molecule has 5 heteroatoms. The molecule has 18 heavy (non-hydrogen) atoms. The monoisotopic (exact) mass is 252 g/mol. The van der Waals surface area contributed by atoms with Crippen LogP contribution in [0.25, 0.3) is 0 Å². The van der Waals surface area contributed by atoms with E-state index in [1.165, 1.54) is 25.7 Å². The van der Waals surface area contributed by atoms with Gasteiger partial charge in [-0.1, -0.05) is 25.5 Å². The van der Waals surface area contributed by atoms with Crippen LogP contribution in [0.15, 0.2) is 6.20 Å². The van der Waals surface area contributed by atoms with Crippen LogP contribution in [0, 0.1) is 5.41 Å². The maximum absolute atomic E-state index is 8.82. The average molecular weight is 252 g/mol. The van der Waals surface area contributed by atoms with E-state index in [2.05, 4.69) is 29.5 Å². The molecular formula is C13H24N4O. The molecule has 1 aromatic heterocycles. The van der Waals surface area contributed by atoms with Crippen molar-refractivity contribution in [1.29, 1.82) is 0 Å². The Hall–Kier alpha value is -0.940. The third-order valence-electron chi connectivity index (χ3n) is 3.69. The summed E-state index contributed by atoms with van der Waals surface area (Å²) < 4.78 is 1.68. The topological polar surface area (TPSA) is 63.0 Å². The number of aromatic nitrogens is 3. The van der Waals surface area contributed by atoms with Crippen LogP contribution in [0.5, 0.6) is 0 Å². The van der Waals surface area contributed by atoms with Gasteiger partial charge in [0, 0.05) is 18.8 Å². The van der Waals surface area contributed by atoms with E-state index in [0.717, 1.165) is 12.2 Å². The second-order valence-corrected chi connectivity index (χ2v) is 6.03. The number of nitrogens with one attached hydrogen (secondary N) is 1. The highest BCUT2D eigenvalue weighted by Crippen LogP contribution is 2.35. The fourth-order valence-electron chi connectivity index (χ4n) is 2.75. The molecule has 1 unspecified atom stereocenters. The fourth-order valence-corrected chi connectivity index (χ4v) is 2.75. The first-order chi connectivity index (χ1) is 8.59. The second-order valence-electron chi connectivity index (χ2n) is 6.03. The van der Waals surface area contributed by atoms with Crippen LogP contribution < -0.4 is 5.32 Å². The Kier molecular flexibility index (Phi) is 4.35. The summed E-state index contributed by atoms with van der Waals surface area (Å²) in [4.78, 5) is 0. The Morgan fingerprint density at radius 1 is 1.56 bits per heavy atom. The third-order valence-corrected chi connectivity index (χ3v) is 3.69. The van der Waals surface area contributed by atoms with E-state index in [9.17, 15) is 0 Å². The molecule has 0 bridgehead atoms. The summed E-state index contributed by atoms with van der Waals surface area (Å²) in [5, 5.41) is 20.4. The molecule has 2 rings (SSSR count). The summed E-state index contributed by atoms with van der Waals surface area (Å²) in [6.07, 6.45) is 7.03. The summed E-state index contributed by atoms with van der Waals surface area (Å²) >= 11 is 0. The van der Waals surface area contributed by atoms with Crippen LogP contribution in [-0.2, 0) is 13.1 Å². The summed E-state index contributed by atoms with van der Waals surface area (Å²) in [5.41, 5.74) is 1.41. The molecule has 0 radical (unpaired) electrons. The van der Waals surface area contributed by atoms with Gasteiger partial charge in [-0.25, -0.2) is 4.68 Å². The van der Waals surface area contributed by atoms with Crippen molar-refractivity contribution < 1.29 is 5.11 Å². The highest BCUT2D eigenvalue weighted by atomic mass is 16.3. The Bertz CT molecular complexity index is 375. The van der Waals surface area contributed by atoms with Crippen LogP contribution in [0.4, 0.5) is 0 Å². The van der Waals surface area contributed by atoms with Gasteiger partial charge in [-0.3, -0.25) is 0 Å². The third kappa shape index (κ3) is 3.78. The summed E-state index contributed by atoms with van der Waals surface area (Å²) in [6.45, 7) is 6.08. The first kappa shape index (κ1) is 13.5. The number of rotatable bonds is 5. The minimum Gasteiger partial charge on any atom is -0.394 e. The number of aliphatic hydroxyl groups is 1. The van der Waals surface area contributed by atoms with Gasteiger partial charge in [-0.05, 0) is 24.7 Å². The number of hydrogen-bond donors (Lipinski definition) is 2. The molecule has 1 fully saturated rings. The van der Waals surface area contributed by atoms with Crippen LogP contribution >= 0.6 is 0 Å². The minimum absolute atomic E-state index is 0.104. The SMILES string of the molecule is CC1(C)CCCC(NCc2cn(CCO)nn2)C1. The Morgan fingerprint density at radius 3 is 3.11 bits per heavy atom. The zero-order chi connectivity index (χ0) is 13.0. The Morgan fingerprint density at radius 2 is 2.39 bits per heavy atom. The molecule has 1 aliphatic carbocycles. The van der Waals surface area contributed by atoms with Crippen molar-refractivity contribution in [2.45, 2.75) is 58.7 Å². The van der Waals surface area contributed by atoms with Gasteiger partial charge in [0.1, 0.15) is 0 Å². The molecule has 2 N–H and O–H groups in total. The average Bonchev–Trinajstić information content (AvgIpc) is 2.74. The van der Waals surface area contributed by atoms with Gasteiger partial charge in [0.15, 0.2) is 0 Å². The van der Waals surface area contributed by atoms with Gasteiger partial charge >= 0.3 is 0 Å². The van der Waals surface area contributed by atoms with Crippen molar-refractivity contribution in [3.8, 4) is 0 Å². The molecular weight excluding hydrogens is 228 g/mol. The lowest BCUT2D eigenvalue weighted by atomic mass is 9.75. The van der Waals surface area contributed by atoms with E-state index in [0.29, 0.717) is 18.0 Å². The summed E-state index contributed by atoms with van der Waals surface area (Å²) in [5.74, 6) is 0. The molecule has 1 aliphatic rings. The van der Waals surface area contributed by atoms with Gasteiger partial charge in [-0.2, -0.15) is 0 Å². The number of aliphatic hydroxyl groups excluding tert-OH is 1. The lowest BCUT2D eigenvalue weighted by molar-refractivity contribution is 0.197. The van der Waals surface area contributed by atoms with E-state index < -0.39 is 0 Å². The molecule has 1 aromatic rings. The summed E-state index contributed by atoms with van der Waals surface area (Å²) in [7, 11) is 0. The van der Waals surface area contributed by atoms with Gasteiger partial charge < -0.3 is 10.4 Å². The normalized spacial score (nSPS) is 23.2. The molecule has 102 valence electrons. The van der Waals surface area contributed by atoms with Crippen molar-refractivity contribution >= 4 is 0 Å². The van der Waals surface area contributed by atoms with Crippen molar-refractivity contribution in [2.75, 3.05) is 6.61 Å². The fraction of sp³-hybridized carbons (Fsp3) is 0.846. The van der Waals surface area contributed by atoms with Crippen molar-refractivity contribution in [2.24, 2.45) is 5.41 Å². The molecule has 0 spiro atoms. The van der Waals surface area contributed by atoms with Gasteiger partial charge in [0.05, 0.1) is 18.8 Å². The first-order valence-electron chi connectivity index (χ1n) is 6.82. The minimum atomic E-state index is 0.104. The van der Waals surface area contributed by atoms with Crippen LogP contribution in [0.2, 0.25) is 0 Å². The maximum Gasteiger partial charge on any atom is 0.0964 e. The quantitative estimate of drug-likeness (QED) is 0.830. The molecule has 1 heterocycles. The van der Waals surface area contributed by atoms with Crippen molar-refractivity contribution in [3.63, 3.8) is 0 Å². The largest absolute Gasteiger partial charge is 0.394 e. The maximum atomic E-state index is 8.82. The van der Waals surface area contributed by atoms with Crippen LogP contribution in [-0.4, -0.2) is 32.7 Å². The molecule has 0 aliphatic heterocycles. The Labute approximate surface area is 109 Å². The molecule has 1 saturated carbocycles. The number of nitrogens with zero attached hydrogens (tertiary/aromatic N) is 3. The van der Waals surface area contributed by atoms with Crippen LogP contribution in [0.1, 0.15) is 45.2 Å². The van der Waals surface area contributed by atoms with E-state index in [1.54, 1.807) is 4.68 Å². The van der Waals surface area contributed by atoms with Crippen molar-refractivity contribution in [1.82, 2.24) is 20.3 Å². The van der Waals surface area contributed by atoms with E-state index in [-0.39, 0.29) is 6.61 Å². The zero-order valence-electron chi connectivity index (χ0n) is 11.4. The molecule has 5 nitrogen and oxygen atoms in total. The van der Waals surface area contributed by atoms with E-state index >= 15 is 0 Å². The first-order valence-corrected chi connectivity index (χ1v) is 6.82. The second kappa shape index (κ2) is 5.80. The van der Waals surface area contributed by atoms with Crippen molar-refractivity contribution in [3.05, 3.63) is 11.9 Å². The summed E-state index contributed by atoms with van der Waals surface area (Å²) in [6, 6.07) is 0.594. The lowest BCUT2D eigenvalue weighted by Crippen LogP contribution is -2.36. The van der Waals surface area contributed by atoms with Gasteiger partial charge in [0.2, 0.25) is 0 Å². The van der Waals surface area contributed by atoms with E-state index in [4.69, 9.17) is 5.11 Å². The molecule has 0 saturated heterocycles. The molecule has 1 atom stereocenters. The lowest BCUT2D eigenvalue weighted by Gasteiger charge is -2.35. The smallest absolute Gasteiger partial charge is 0.0964 e. The predicted molar refractivity (Wildman–Crippen MR) is 70.0 cm³/mol.